The van der Waals surface area contributed by atoms with Crippen molar-refractivity contribution < 1.29 is 0 Å². The molecule has 1 aromatic rings. The molecule has 0 bridgehead atoms. The molecule has 1 aromatic heterocycles. The molecule has 1 saturated carbocycles. The third-order valence-electron chi connectivity index (χ3n) is 2.87. The topological polar surface area (TPSA) is 69.6 Å². The van der Waals surface area contributed by atoms with E-state index in [2.05, 4.69) is 15.4 Å². The number of nitrogens with two attached hydrogens (primary N) is 1. The fourth-order valence-electron chi connectivity index (χ4n) is 1.86. The first kappa shape index (κ1) is 8.62. The minimum Gasteiger partial charge on any atom is -0.330 e. The van der Waals surface area contributed by atoms with Gasteiger partial charge in [0.2, 0.25) is 0 Å². The van der Waals surface area contributed by atoms with E-state index in [0.717, 1.165) is 18.8 Å². The Kier molecular flexibility index (Phi) is 2.26. The summed E-state index contributed by atoms with van der Waals surface area (Å²) < 4.78 is 0. The van der Waals surface area contributed by atoms with Gasteiger partial charge in [-0.25, -0.2) is 0 Å². The van der Waals surface area contributed by atoms with E-state index < -0.39 is 0 Å². The molecule has 72 valence electrons. The SMILES string of the molecule is Cn1nnc(CC2CCC2CN)n1. The second-order valence-corrected chi connectivity index (χ2v) is 3.73. The maximum Gasteiger partial charge on any atom is 0.175 e. The molecule has 2 atom stereocenters. The summed E-state index contributed by atoms with van der Waals surface area (Å²) in [6.45, 7) is 0.797. The Bertz CT molecular complexity index is 280. The lowest BCUT2D eigenvalue weighted by Crippen LogP contribution is -2.33. The molecule has 13 heavy (non-hydrogen) atoms. The average Bonchev–Trinajstić information content (AvgIpc) is 2.46. The largest absolute Gasteiger partial charge is 0.330 e. The molecular weight excluding hydrogens is 166 g/mol. The predicted octanol–water partition coefficient (Wildman–Crippen LogP) is -0.262. The number of tetrazole rings is 1. The van der Waals surface area contributed by atoms with Crippen molar-refractivity contribution in [3.8, 4) is 0 Å². The van der Waals surface area contributed by atoms with Gasteiger partial charge >= 0.3 is 0 Å². The maximum absolute atomic E-state index is 5.62. The molecule has 5 heteroatoms. The molecule has 2 N–H and O–H groups in total. The van der Waals surface area contributed by atoms with Crippen molar-refractivity contribution in [2.24, 2.45) is 24.6 Å². The third-order valence-corrected chi connectivity index (χ3v) is 2.87. The highest BCUT2D eigenvalue weighted by atomic mass is 15.6. The first-order valence-electron chi connectivity index (χ1n) is 4.72. The van der Waals surface area contributed by atoms with Crippen LogP contribution in [0.25, 0.3) is 0 Å². The average molecular weight is 181 g/mol. The molecule has 0 radical (unpaired) electrons. The Hall–Kier alpha value is -0.970. The van der Waals surface area contributed by atoms with Gasteiger partial charge in [-0.15, -0.1) is 10.2 Å². The van der Waals surface area contributed by atoms with Crippen molar-refractivity contribution >= 4 is 0 Å². The Balaban J connectivity index is 1.91. The lowest BCUT2D eigenvalue weighted by molar-refractivity contribution is 0.180. The van der Waals surface area contributed by atoms with Crippen LogP contribution in [0.15, 0.2) is 0 Å². The highest BCUT2D eigenvalue weighted by Crippen LogP contribution is 2.35. The molecule has 0 spiro atoms. The summed E-state index contributed by atoms with van der Waals surface area (Å²) in [5.41, 5.74) is 5.62. The maximum atomic E-state index is 5.62. The van der Waals surface area contributed by atoms with Crippen LogP contribution in [0.4, 0.5) is 0 Å². The van der Waals surface area contributed by atoms with Gasteiger partial charge in [0.25, 0.3) is 0 Å². The van der Waals surface area contributed by atoms with Crippen LogP contribution in [0.3, 0.4) is 0 Å². The highest BCUT2D eigenvalue weighted by Gasteiger charge is 2.30. The minimum absolute atomic E-state index is 0.684. The molecule has 2 unspecified atom stereocenters. The van der Waals surface area contributed by atoms with Gasteiger partial charge in [-0.05, 0) is 36.4 Å². The molecule has 1 fully saturated rings. The summed E-state index contributed by atoms with van der Waals surface area (Å²) >= 11 is 0. The molecular formula is C8H15N5. The van der Waals surface area contributed by atoms with Crippen LogP contribution in [-0.4, -0.2) is 26.8 Å². The summed E-state index contributed by atoms with van der Waals surface area (Å²) in [5.74, 6) is 2.23. The van der Waals surface area contributed by atoms with E-state index in [0.29, 0.717) is 11.8 Å². The summed E-state index contributed by atoms with van der Waals surface area (Å²) in [6, 6.07) is 0. The van der Waals surface area contributed by atoms with Gasteiger partial charge in [0.05, 0.1) is 7.05 Å². The lowest BCUT2D eigenvalue weighted by atomic mass is 9.72. The standard InChI is InChI=1S/C8H15N5/c1-13-11-8(10-12-13)4-6-2-3-7(6)5-9/h6-7H,2-5,9H2,1H3. The van der Waals surface area contributed by atoms with Crippen LogP contribution in [0, 0.1) is 11.8 Å². The molecule has 0 saturated heterocycles. The van der Waals surface area contributed by atoms with E-state index in [-0.39, 0.29) is 0 Å². The van der Waals surface area contributed by atoms with E-state index >= 15 is 0 Å². The minimum atomic E-state index is 0.684. The molecule has 1 heterocycles. The predicted molar refractivity (Wildman–Crippen MR) is 47.8 cm³/mol. The number of aryl methyl sites for hydroxylation is 1. The summed E-state index contributed by atoms with van der Waals surface area (Å²) in [7, 11) is 1.79. The van der Waals surface area contributed by atoms with Gasteiger partial charge in [0, 0.05) is 6.42 Å². The molecule has 5 nitrogen and oxygen atoms in total. The second-order valence-electron chi connectivity index (χ2n) is 3.73. The Morgan fingerprint density at radius 3 is 2.69 bits per heavy atom. The fraction of sp³-hybridized carbons (Fsp3) is 0.875. The first-order chi connectivity index (χ1) is 6.29. The van der Waals surface area contributed by atoms with Crippen LogP contribution in [0.1, 0.15) is 18.7 Å². The summed E-state index contributed by atoms with van der Waals surface area (Å²) in [6.07, 6.45) is 3.47. The zero-order valence-corrected chi connectivity index (χ0v) is 7.85. The van der Waals surface area contributed by atoms with Crippen molar-refractivity contribution in [2.45, 2.75) is 19.3 Å². The summed E-state index contributed by atoms with van der Waals surface area (Å²) in [4.78, 5) is 1.51. The monoisotopic (exact) mass is 181 g/mol. The smallest absolute Gasteiger partial charge is 0.175 e. The fourth-order valence-corrected chi connectivity index (χ4v) is 1.86. The van der Waals surface area contributed by atoms with Crippen molar-refractivity contribution in [3.05, 3.63) is 5.82 Å². The van der Waals surface area contributed by atoms with Crippen LogP contribution in [0.5, 0.6) is 0 Å². The normalized spacial score (nSPS) is 27.2. The van der Waals surface area contributed by atoms with E-state index in [4.69, 9.17) is 5.73 Å². The van der Waals surface area contributed by atoms with Gasteiger partial charge < -0.3 is 5.73 Å². The van der Waals surface area contributed by atoms with Crippen molar-refractivity contribution in [1.82, 2.24) is 20.2 Å². The zero-order chi connectivity index (χ0) is 9.26. The van der Waals surface area contributed by atoms with Crippen molar-refractivity contribution in [3.63, 3.8) is 0 Å². The molecule has 2 rings (SSSR count). The quantitative estimate of drug-likeness (QED) is 0.697. The van der Waals surface area contributed by atoms with Crippen LogP contribution >= 0.6 is 0 Å². The molecule has 0 amide bonds. The van der Waals surface area contributed by atoms with E-state index in [1.54, 1.807) is 7.05 Å². The van der Waals surface area contributed by atoms with Crippen molar-refractivity contribution in [2.75, 3.05) is 6.54 Å². The molecule has 0 aliphatic heterocycles. The first-order valence-corrected chi connectivity index (χ1v) is 4.72. The number of rotatable bonds is 3. The van der Waals surface area contributed by atoms with Gasteiger partial charge in [0.15, 0.2) is 5.82 Å². The summed E-state index contributed by atoms with van der Waals surface area (Å²) in [5, 5.41) is 11.9. The van der Waals surface area contributed by atoms with Gasteiger partial charge in [-0.1, -0.05) is 0 Å². The van der Waals surface area contributed by atoms with Crippen LogP contribution in [-0.2, 0) is 13.5 Å². The van der Waals surface area contributed by atoms with Gasteiger partial charge in [0.1, 0.15) is 0 Å². The Labute approximate surface area is 77.3 Å². The highest BCUT2D eigenvalue weighted by molar-refractivity contribution is 4.89. The molecule has 0 aromatic carbocycles. The Morgan fingerprint density at radius 2 is 2.23 bits per heavy atom. The van der Waals surface area contributed by atoms with Crippen LogP contribution < -0.4 is 5.73 Å². The number of hydrogen-bond donors (Lipinski definition) is 1. The van der Waals surface area contributed by atoms with Crippen LogP contribution in [0.2, 0.25) is 0 Å². The van der Waals surface area contributed by atoms with Gasteiger partial charge in [-0.2, -0.15) is 4.80 Å². The van der Waals surface area contributed by atoms with E-state index in [1.165, 1.54) is 17.6 Å². The number of hydrogen-bond acceptors (Lipinski definition) is 4. The molecule has 1 aliphatic rings. The van der Waals surface area contributed by atoms with E-state index in [1.807, 2.05) is 0 Å². The zero-order valence-electron chi connectivity index (χ0n) is 7.85. The lowest BCUT2D eigenvalue weighted by Gasteiger charge is -2.34. The second kappa shape index (κ2) is 3.41. The van der Waals surface area contributed by atoms with Gasteiger partial charge in [-0.3, -0.25) is 0 Å². The third kappa shape index (κ3) is 1.70. The Morgan fingerprint density at radius 1 is 1.46 bits per heavy atom. The van der Waals surface area contributed by atoms with E-state index in [9.17, 15) is 0 Å². The number of aromatic nitrogens is 4. The van der Waals surface area contributed by atoms with Crippen molar-refractivity contribution in [1.29, 1.82) is 0 Å². The molecule has 1 aliphatic carbocycles. The number of nitrogens with zero attached hydrogens (tertiary/aromatic N) is 4.